The molecule has 0 saturated heterocycles. The number of carbonyl (C=O) groups excluding carboxylic acids is 2. The van der Waals surface area contributed by atoms with Gasteiger partial charge in [0.25, 0.3) is 5.91 Å². The van der Waals surface area contributed by atoms with Crippen LogP contribution in [0, 0.1) is 5.92 Å². The van der Waals surface area contributed by atoms with Gasteiger partial charge in [-0.2, -0.15) is 0 Å². The highest BCUT2D eigenvalue weighted by Crippen LogP contribution is 2.59. The van der Waals surface area contributed by atoms with Gasteiger partial charge in [0.1, 0.15) is 0 Å². The number of hydrogen-bond donors (Lipinski definition) is 1. The second kappa shape index (κ2) is 6.09. The van der Waals surface area contributed by atoms with E-state index < -0.39 is 11.5 Å². The molecule has 5 rings (SSSR count). The van der Waals surface area contributed by atoms with E-state index in [1.54, 1.807) is 7.11 Å². The summed E-state index contributed by atoms with van der Waals surface area (Å²) in [6.45, 7) is 2.12. The van der Waals surface area contributed by atoms with E-state index in [4.69, 9.17) is 9.47 Å². The van der Waals surface area contributed by atoms with Crippen LogP contribution in [0.5, 0.6) is 11.5 Å². The molecule has 0 radical (unpaired) electrons. The summed E-state index contributed by atoms with van der Waals surface area (Å²) in [4.78, 5) is 25.6. The molecule has 2 aromatic rings. The lowest BCUT2D eigenvalue weighted by atomic mass is 9.56. The molecule has 5 heteroatoms. The van der Waals surface area contributed by atoms with Gasteiger partial charge in [0.2, 0.25) is 0 Å². The number of hydrogen-bond acceptors (Lipinski definition) is 4. The van der Waals surface area contributed by atoms with Crippen LogP contribution in [0.2, 0.25) is 0 Å². The molecular formula is C23H23NO4. The molecule has 1 heterocycles. The molecule has 1 fully saturated rings. The van der Waals surface area contributed by atoms with E-state index >= 15 is 0 Å². The number of Topliss-reactive ketones (excluding diaryl/α,β-unsaturated/α-hetero) is 1. The van der Waals surface area contributed by atoms with Crippen LogP contribution in [0.25, 0.3) is 0 Å². The molecule has 3 aliphatic rings. The Morgan fingerprint density at radius 2 is 2.00 bits per heavy atom. The lowest BCUT2D eigenvalue weighted by molar-refractivity contribution is -0.133. The SMILES string of the molecule is COc1ccc2c3c1O[C@@H]1C(=O)CC[C@H](C(NC(=O)c4ccccc4)C2)[C@]31C. The summed E-state index contributed by atoms with van der Waals surface area (Å²) in [6, 6.07) is 13.2. The highest BCUT2D eigenvalue weighted by molar-refractivity contribution is 5.94. The zero-order chi connectivity index (χ0) is 19.5. The predicted octanol–water partition coefficient (Wildman–Crippen LogP) is 3.05. The average Bonchev–Trinajstić information content (AvgIpc) is 3.04. The number of nitrogens with one attached hydrogen (secondary N) is 1. The summed E-state index contributed by atoms with van der Waals surface area (Å²) in [7, 11) is 1.62. The van der Waals surface area contributed by atoms with Gasteiger partial charge in [-0.1, -0.05) is 31.2 Å². The third-order valence-electron chi connectivity index (χ3n) is 6.79. The molecule has 2 aliphatic carbocycles. The Morgan fingerprint density at radius 1 is 1.21 bits per heavy atom. The maximum Gasteiger partial charge on any atom is 0.251 e. The lowest BCUT2D eigenvalue weighted by Crippen LogP contribution is -2.60. The number of methoxy groups -OCH3 is 1. The van der Waals surface area contributed by atoms with Crippen LogP contribution in [0.1, 0.15) is 41.3 Å². The molecule has 1 N–H and O–H groups in total. The van der Waals surface area contributed by atoms with E-state index in [2.05, 4.69) is 12.2 Å². The van der Waals surface area contributed by atoms with E-state index in [-0.39, 0.29) is 23.7 Å². The number of benzene rings is 2. The Labute approximate surface area is 164 Å². The Kier molecular flexibility index (Phi) is 3.76. The van der Waals surface area contributed by atoms with Crippen molar-refractivity contribution >= 4 is 11.7 Å². The molecule has 5 nitrogen and oxygen atoms in total. The number of ether oxygens (including phenoxy) is 2. The maximum atomic E-state index is 12.8. The van der Waals surface area contributed by atoms with Crippen LogP contribution in [0.15, 0.2) is 42.5 Å². The van der Waals surface area contributed by atoms with E-state index in [0.29, 0.717) is 23.5 Å². The minimum Gasteiger partial charge on any atom is -0.493 e. The van der Waals surface area contributed by atoms with Gasteiger partial charge < -0.3 is 14.8 Å². The highest BCUT2D eigenvalue weighted by Gasteiger charge is 2.61. The summed E-state index contributed by atoms with van der Waals surface area (Å²) >= 11 is 0. The topological polar surface area (TPSA) is 64.6 Å². The van der Waals surface area contributed by atoms with Gasteiger partial charge in [-0.15, -0.1) is 0 Å². The monoisotopic (exact) mass is 377 g/mol. The van der Waals surface area contributed by atoms with Crippen molar-refractivity contribution in [2.24, 2.45) is 5.92 Å². The normalized spacial score (nSPS) is 29.6. The molecule has 0 aromatic heterocycles. The minimum absolute atomic E-state index is 0.0382. The van der Waals surface area contributed by atoms with E-state index in [1.807, 2.05) is 42.5 Å². The molecule has 1 aliphatic heterocycles. The summed E-state index contributed by atoms with van der Waals surface area (Å²) < 4.78 is 11.7. The highest BCUT2D eigenvalue weighted by atomic mass is 16.5. The van der Waals surface area contributed by atoms with Crippen molar-refractivity contribution in [3.05, 3.63) is 59.2 Å². The van der Waals surface area contributed by atoms with Gasteiger partial charge in [-0.3, -0.25) is 9.59 Å². The first-order valence-corrected chi connectivity index (χ1v) is 9.79. The summed E-state index contributed by atoms with van der Waals surface area (Å²) in [5.74, 6) is 1.59. The second-order valence-corrected chi connectivity index (χ2v) is 8.17. The zero-order valence-corrected chi connectivity index (χ0v) is 16.0. The Hall–Kier alpha value is -2.82. The van der Waals surface area contributed by atoms with Gasteiger partial charge in [0.05, 0.1) is 7.11 Å². The first-order chi connectivity index (χ1) is 13.5. The Balaban J connectivity index is 1.57. The lowest BCUT2D eigenvalue weighted by Gasteiger charge is -2.48. The van der Waals surface area contributed by atoms with Crippen molar-refractivity contribution in [2.45, 2.75) is 43.7 Å². The fourth-order valence-corrected chi connectivity index (χ4v) is 5.51. The third kappa shape index (κ3) is 2.25. The molecule has 28 heavy (non-hydrogen) atoms. The standard InChI is InChI=1S/C23H23NO4/c1-23-15-9-10-17(25)21(23)28-20-18(27-2)11-8-14(19(20)23)12-16(15)24-22(26)13-6-4-3-5-7-13/h3-8,11,15-16,21H,9-10,12H2,1-2H3,(H,24,26)/t15-,16?,21-,23-/m1/s1. The van der Waals surface area contributed by atoms with Crippen LogP contribution in [-0.4, -0.2) is 30.9 Å². The Morgan fingerprint density at radius 3 is 2.75 bits per heavy atom. The molecule has 1 amide bonds. The van der Waals surface area contributed by atoms with Crippen molar-refractivity contribution < 1.29 is 19.1 Å². The van der Waals surface area contributed by atoms with Crippen LogP contribution >= 0.6 is 0 Å². The third-order valence-corrected chi connectivity index (χ3v) is 6.79. The first kappa shape index (κ1) is 17.3. The fraction of sp³-hybridized carbons (Fsp3) is 0.391. The van der Waals surface area contributed by atoms with Crippen LogP contribution < -0.4 is 14.8 Å². The molecule has 0 bridgehead atoms. The number of carbonyl (C=O) groups is 2. The van der Waals surface area contributed by atoms with Crippen LogP contribution in [0.4, 0.5) is 0 Å². The molecule has 4 atom stereocenters. The second-order valence-electron chi connectivity index (χ2n) is 8.17. The van der Waals surface area contributed by atoms with Crippen molar-refractivity contribution in [3.8, 4) is 11.5 Å². The molecule has 1 unspecified atom stereocenters. The Bertz CT molecular complexity index is 970. The van der Waals surface area contributed by atoms with Gasteiger partial charge in [0, 0.05) is 29.0 Å². The van der Waals surface area contributed by atoms with Crippen molar-refractivity contribution in [1.29, 1.82) is 0 Å². The number of rotatable bonds is 3. The molecule has 2 aromatic carbocycles. The summed E-state index contributed by atoms with van der Waals surface area (Å²) in [5, 5.41) is 3.25. The van der Waals surface area contributed by atoms with Crippen LogP contribution in [-0.2, 0) is 16.6 Å². The zero-order valence-electron chi connectivity index (χ0n) is 16.0. The molecule has 144 valence electrons. The van der Waals surface area contributed by atoms with E-state index in [1.165, 1.54) is 0 Å². The van der Waals surface area contributed by atoms with E-state index in [9.17, 15) is 9.59 Å². The van der Waals surface area contributed by atoms with Crippen molar-refractivity contribution in [1.82, 2.24) is 5.32 Å². The van der Waals surface area contributed by atoms with Gasteiger partial charge >= 0.3 is 0 Å². The van der Waals surface area contributed by atoms with Crippen LogP contribution in [0.3, 0.4) is 0 Å². The smallest absolute Gasteiger partial charge is 0.251 e. The first-order valence-electron chi connectivity index (χ1n) is 9.79. The number of ketones is 1. The molecular weight excluding hydrogens is 354 g/mol. The van der Waals surface area contributed by atoms with Gasteiger partial charge in [-0.25, -0.2) is 0 Å². The quantitative estimate of drug-likeness (QED) is 0.893. The number of amides is 1. The van der Waals surface area contributed by atoms with Gasteiger partial charge in [0.15, 0.2) is 23.4 Å². The fourth-order valence-electron chi connectivity index (χ4n) is 5.51. The van der Waals surface area contributed by atoms with E-state index in [0.717, 1.165) is 24.0 Å². The summed E-state index contributed by atoms with van der Waals surface area (Å²) in [5.41, 5.74) is 2.44. The molecule has 0 spiro atoms. The van der Waals surface area contributed by atoms with Gasteiger partial charge in [-0.05, 0) is 42.5 Å². The minimum atomic E-state index is -0.507. The largest absolute Gasteiger partial charge is 0.493 e. The van der Waals surface area contributed by atoms with Crippen molar-refractivity contribution in [2.75, 3.05) is 7.11 Å². The average molecular weight is 377 g/mol. The predicted molar refractivity (Wildman–Crippen MR) is 104 cm³/mol. The van der Waals surface area contributed by atoms with Crippen molar-refractivity contribution in [3.63, 3.8) is 0 Å². The summed E-state index contributed by atoms with van der Waals surface area (Å²) in [6.07, 6.45) is 1.46. The maximum absolute atomic E-state index is 12.8. The molecule has 1 saturated carbocycles.